The normalized spacial score (nSPS) is 10.6. The highest BCUT2D eigenvalue weighted by atomic mass is 79.9. The number of halogens is 1. The van der Waals surface area contributed by atoms with Crippen LogP contribution in [0.25, 0.3) is 10.9 Å². The van der Waals surface area contributed by atoms with Crippen molar-refractivity contribution in [3.8, 4) is 0 Å². The van der Waals surface area contributed by atoms with Crippen molar-refractivity contribution in [2.45, 2.75) is 19.3 Å². The summed E-state index contributed by atoms with van der Waals surface area (Å²) in [6, 6.07) is 10.8. The van der Waals surface area contributed by atoms with Gasteiger partial charge in [-0.1, -0.05) is 12.1 Å². The topological polar surface area (TPSA) is 144 Å². The zero-order chi connectivity index (χ0) is 22.4. The van der Waals surface area contributed by atoms with Crippen molar-refractivity contribution in [3.05, 3.63) is 73.2 Å². The molecule has 0 saturated heterocycles. The number of nitro groups is 1. The number of esters is 1. The molecule has 0 atom stereocenters. The molecule has 1 heterocycles. The van der Waals surface area contributed by atoms with Gasteiger partial charge in [0.05, 0.1) is 21.5 Å². The van der Waals surface area contributed by atoms with E-state index in [1.165, 1.54) is 18.2 Å². The number of nitro benzene ring substituents is 1. The average molecular weight is 489 g/mol. The molecule has 1 aromatic heterocycles. The lowest BCUT2D eigenvalue weighted by molar-refractivity contribution is -0.384. The lowest BCUT2D eigenvalue weighted by Gasteiger charge is -2.08. The Kier molecular flexibility index (Phi) is 7.08. The molecule has 0 fully saturated rings. The number of aromatic amines is 1. The maximum absolute atomic E-state index is 12.0. The summed E-state index contributed by atoms with van der Waals surface area (Å²) in [6.45, 7) is -0.493. The number of nitrogens with one attached hydrogen (secondary N) is 2. The number of ether oxygens (including phenoxy) is 1. The molecule has 0 radical (unpaired) electrons. The molecule has 0 aliphatic rings. The largest absolute Gasteiger partial charge is 0.456 e. The van der Waals surface area contributed by atoms with Crippen LogP contribution in [0.2, 0.25) is 0 Å². The SMILES string of the molecule is O=C(COC(=O)CCCc1nc2ccccc2c(=O)[nH]1)Nc1ccc([N+](=O)[O-])cc1Br. The van der Waals surface area contributed by atoms with Crippen LogP contribution in [0.4, 0.5) is 11.4 Å². The number of non-ortho nitro benzene ring substituents is 1. The first-order valence-corrected chi connectivity index (χ1v) is 10.00. The second-order valence-corrected chi connectivity index (χ2v) is 7.37. The second kappa shape index (κ2) is 9.94. The fourth-order valence-corrected chi connectivity index (χ4v) is 3.24. The third kappa shape index (κ3) is 5.95. The molecule has 1 amide bonds. The fraction of sp³-hybridized carbons (Fsp3) is 0.200. The minimum atomic E-state index is -0.580. The van der Waals surface area contributed by atoms with Gasteiger partial charge in [0.15, 0.2) is 6.61 Å². The molecule has 3 aromatic rings. The summed E-state index contributed by atoms with van der Waals surface area (Å²) in [7, 11) is 0. The molecule has 160 valence electrons. The summed E-state index contributed by atoms with van der Waals surface area (Å²) in [5.74, 6) is -0.679. The van der Waals surface area contributed by atoms with E-state index in [0.29, 0.717) is 39.7 Å². The van der Waals surface area contributed by atoms with Crippen LogP contribution in [0.3, 0.4) is 0 Å². The minimum Gasteiger partial charge on any atom is -0.456 e. The number of carbonyl (C=O) groups excluding carboxylic acids is 2. The number of anilines is 1. The van der Waals surface area contributed by atoms with Gasteiger partial charge in [-0.2, -0.15) is 0 Å². The third-order valence-electron chi connectivity index (χ3n) is 4.26. The van der Waals surface area contributed by atoms with Gasteiger partial charge in [-0.3, -0.25) is 24.5 Å². The van der Waals surface area contributed by atoms with Crippen LogP contribution in [-0.2, 0) is 20.7 Å². The van der Waals surface area contributed by atoms with Crippen LogP contribution >= 0.6 is 15.9 Å². The molecule has 2 aromatic carbocycles. The molecule has 31 heavy (non-hydrogen) atoms. The van der Waals surface area contributed by atoms with E-state index in [1.807, 2.05) is 0 Å². The Morgan fingerprint density at radius 3 is 2.74 bits per heavy atom. The first-order valence-electron chi connectivity index (χ1n) is 9.21. The van der Waals surface area contributed by atoms with Crippen LogP contribution in [0.1, 0.15) is 18.7 Å². The molecule has 2 N–H and O–H groups in total. The number of aryl methyl sites for hydroxylation is 1. The summed E-state index contributed by atoms with van der Waals surface area (Å²) in [4.78, 5) is 53.1. The first-order chi connectivity index (χ1) is 14.8. The number of H-pyrrole nitrogens is 1. The summed E-state index contributed by atoms with van der Waals surface area (Å²) < 4.78 is 5.27. The van der Waals surface area contributed by atoms with Crippen LogP contribution in [0.15, 0.2) is 51.7 Å². The van der Waals surface area contributed by atoms with E-state index in [0.717, 1.165) is 0 Å². The van der Waals surface area contributed by atoms with Gasteiger partial charge in [0.1, 0.15) is 5.82 Å². The molecule has 0 spiro atoms. The van der Waals surface area contributed by atoms with Crippen LogP contribution in [-0.4, -0.2) is 33.4 Å². The van der Waals surface area contributed by atoms with Gasteiger partial charge in [-0.15, -0.1) is 0 Å². The van der Waals surface area contributed by atoms with E-state index in [9.17, 15) is 24.5 Å². The maximum Gasteiger partial charge on any atom is 0.306 e. The highest BCUT2D eigenvalue weighted by Crippen LogP contribution is 2.27. The Morgan fingerprint density at radius 1 is 1.23 bits per heavy atom. The lowest BCUT2D eigenvalue weighted by Crippen LogP contribution is -2.21. The predicted molar refractivity (Wildman–Crippen MR) is 116 cm³/mol. The van der Waals surface area contributed by atoms with Crippen LogP contribution < -0.4 is 10.9 Å². The van der Waals surface area contributed by atoms with Crippen molar-refractivity contribution < 1.29 is 19.2 Å². The quantitative estimate of drug-likeness (QED) is 0.281. The van der Waals surface area contributed by atoms with Crippen molar-refractivity contribution >= 4 is 50.1 Å². The van der Waals surface area contributed by atoms with Gasteiger partial charge in [-0.05, 0) is 40.5 Å². The summed E-state index contributed by atoms with van der Waals surface area (Å²) in [6.07, 6.45) is 0.803. The molecule has 10 nitrogen and oxygen atoms in total. The van der Waals surface area contributed by atoms with Crippen molar-refractivity contribution in [2.24, 2.45) is 0 Å². The molecule has 0 bridgehead atoms. The Morgan fingerprint density at radius 2 is 2.00 bits per heavy atom. The van der Waals surface area contributed by atoms with Gasteiger partial charge < -0.3 is 15.0 Å². The molecule has 0 aliphatic heterocycles. The van der Waals surface area contributed by atoms with E-state index >= 15 is 0 Å². The molecule has 0 saturated carbocycles. The van der Waals surface area contributed by atoms with Gasteiger partial charge in [0.25, 0.3) is 17.2 Å². The fourth-order valence-electron chi connectivity index (χ4n) is 2.78. The zero-order valence-corrected chi connectivity index (χ0v) is 17.7. The van der Waals surface area contributed by atoms with Crippen LogP contribution in [0, 0.1) is 10.1 Å². The number of fused-ring (bicyclic) bond motifs is 1. The highest BCUT2D eigenvalue weighted by Gasteiger charge is 2.13. The molecule has 0 unspecified atom stereocenters. The maximum atomic E-state index is 12.0. The highest BCUT2D eigenvalue weighted by molar-refractivity contribution is 9.10. The first kappa shape index (κ1) is 22.1. The van der Waals surface area contributed by atoms with Crippen molar-refractivity contribution in [1.29, 1.82) is 0 Å². The molecule has 11 heteroatoms. The Labute approximate surface area is 183 Å². The number of aromatic nitrogens is 2. The van der Waals surface area contributed by atoms with E-state index in [4.69, 9.17) is 4.74 Å². The van der Waals surface area contributed by atoms with Gasteiger partial charge >= 0.3 is 5.97 Å². The number of carbonyl (C=O) groups is 2. The Bertz CT molecular complexity index is 1210. The number of rotatable bonds is 8. The molecular weight excluding hydrogens is 472 g/mol. The molecule has 0 aliphatic carbocycles. The molecular formula is C20H17BrN4O6. The monoisotopic (exact) mass is 488 g/mol. The number of para-hydroxylation sites is 1. The average Bonchev–Trinajstić information content (AvgIpc) is 2.73. The van der Waals surface area contributed by atoms with Gasteiger partial charge in [0.2, 0.25) is 0 Å². The summed E-state index contributed by atoms with van der Waals surface area (Å²) >= 11 is 3.14. The van der Waals surface area contributed by atoms with E-state index in [1.54, 1.807) is 24.3 Å². The number of hydrogen-bond donors (Lipinski definition) is 2. The number of nitrogens with zero attached hydrogens (tertiary/aromatic N) is 2. The van der Waals surface area contributed by atoms with Crippen molar-refractivity contribution in [1.82, 2.24) is 9.97 Å². The van der Waals surface area contributed by atoms with Crippen LogP contribution in [0.5, 0.6) is 0 Å². The van der Waals surface area contributed by atoms with E-state index in [2.05, 4.69) is 31.2 Å². The Balaban J connectivity index is 1.44. The minimum absolute atomic E-state index is 0.0467. The lowest BCUT2D eigenvalue weighted by atomic mass is 10.2. The standard InChI is InChI=1S/C20H17BrN4O6/c21-14-10-12(25(29)30)8-9-16(14)23-18(26)11-31-19(27)7-3-6-17-22-15-5-2-1-4-13(15)20(28)24-17/h1-2,4-5,8-10H,3,6-7,11H2,(H,23,26)(H,22,24,28). The Hall–Kier alpha value is -3.60. The second-order valence-electron chi connectivity index (χ2n) is 6.51. The van der Waals surface area contributed by atoms with E-state index in [-0.39, 0.29) is 17.7 Å². The van der Waals surface area contributed by atoms with Gasteiger partial charge in [-0.25, -0.2) is 4.98 Å². The van der Waals surface area contributed by atoms with Gasteiger partial charge in [0, 0.05) is 29.4 Å². The number of hydrogen-bond acceptors (Lipinski definition) is 7. The predicted octanol–water partition coefficient (Wildman–Crippen LogP) is 3.10. The van der Waals surface area contributed by atoms with E-state index < -0.39 is 23.4 Å². The van der Waals surface area contributed by atoms with Crippen molar-refractivity contribution in [3.63, 3.8) is 0 Å². The third-order valence-corrected chi connectivity index (χ3v) is 4.91. The molecule has 3 rings (SSSR count). The van der Waals surface area contributed by atoms with Crippen molar-refractivity contribution in [2.75, 3.05) is 11.9 Å². The summed E-state index contributed by atoms with van der Waals surface area (Å²) in [5, 5.41) is 13.7. The zero-order valence-electron chi connectivity index (χ0n) is 16.1. The smallest absolute Gasteiger partial charge is 0.306 e. The number of benzene rings is 2. The number of amides is 1. The summed E-state index contributed by atoms with van der Waals surface area (Å²) in [5.41, 5.74) is 0.534.